The van der Waals surface area contributed by atoms with Gasteiger partial charge in [-0.3, -0.25) is 0 Å². The molecule has 0 aromatic rings. The Bertz CT molecular complexity index is 136. The van der Waals surface area contributed by atoms with E-state index in [-0.39, 0.29) is 0 Å². The second-order valence-corrected chi connectivity index (χ2v) is 5.25. The Morgan fingerprint density at radius 2 is 1.40 bits per heavy atom. The maximum Gasteiger partial charge on any atom is 0.0195 e. The topological polar surface area (TPSA) is 24.1 Å². The Balaban J connectivity index is 1.73. The Kier molecular flexibility index (Phi) is 4.94. The van der Waals surface area contributed by atoms with Gasteiger partial charge in [-0.05, 0) is 32.2 Å². The summed E-state index contributed by atoms with van der Waals surface area (Å²) in [6.45, 7) is 2.42. The third-order valence-electron chi connectivity index (χ3n) is 3.87. The maximum atomic E-state index is 3.88. The van der Waals surface area contributed by atoms with Crippen molar-refractivity contribution in [1.82, 2.24) is 10.6 Å². The molecule has 2 fully saturated rings. The monoisotopic (exact) mass is 210 g/mol. The fraction of sp³-hybridized carbons (Fsp3) is 1.00. The quantitative estimate of drug-likeness (QED) is 0.684. The van der Waals surface area contributed by atoms with Gasteiger partial charge in [0.2, 0.25) is 0 Å². The van der Waals surface area contributed by atoms with Crippen LogP contribution in [0.15, 0.2) is 0 Å². The number of rotatable bonds is 2. The highest BCUT2D eigenvalue weighted by molar-refractivity contribution is 4.79. The van der Waals surface area contributed by atoms with Crippen molar-refractivity contribution in [1.29, 1.82) is 0 Å². The van der Waals surface area contributed by atoms with Crippen LogP contribution in [-0.2, 0) is 0 Å². The van der Waals surface area contributed by atoms with Crippen molar-refractivity contribution < 1.29 is 0 Å². The second-order valence-electron chi connectivity index (χ2n) is 5.25. The minimum atomic E-state index is 0.746. The van der Waals surface area contributed by atoms with Crippen LogP contribution in [0.3, 0.4) is 0 Å². The molecule has 2 rings (SSSR count). The minimum absolute atomic E-state index is 0.746. The minimum Gasteiger partial charge on any atom is -0.315 e. The van der Waals surface area contributed by atoms with Crippen LogP contribution in [0.4, 0.5) is 0 Å². The summed E-state index contributed by atoms with van der Waals surface area (Å²) in [5, 5.41) is 7.42. The Morgan fingerprint density at radius 1 is 0.733 bits per heavy atom. The summed E-state index contributed by atoms with van der Waals surface area (Å²) in [7, 11) is 0. The molecular weight excluding hydrogens is 184 g/mol. The normalized spacial score (nSPS) is 30.8. The molecule has 0 aromatic heterocycles. The fourth-order valence-corrected chi connectivity index (χ4v) is 2.94. The molecule has 0 spiro atoms. The predicted molar refractivity (Wildman–Crippen MR) is 65.1 cm³/mol. The third-order valence-corrected chi connectivity index (χ3v) is 3.87. The zero-order chi connectivity index (χ0) is 10.3. The van der Waals surface area contributed by atoms with Crippen molar-refractivity contribution in [2.75, 3.05) is 13.1 Å². The molecule has 0 aromatic carbocycles. The van der Waals surface area contributed by atoms with Crippen molar-refractivity contribution in [3.05, 3.63) is 0 Å². The lowest BCUT2D eigenvalue weighted by Crippen LogP contribution is -2.43. The van der Waals surface area contributed by atoms with Gasteiger partial charge < -0.3 is 10.6 Å². The van der Waals surface area contributed by atoms with E-state index in [9.17, 15) is 0 Å². The largest absolute Gasteiger partial charge is 0.315 e. The average Bonchev–Trinajstić information content (AvgIpc) is 2.63. The van der Waals surface area contributed by atoms with E-state index in [0.29, 0.717) is 0 Å². The summed E-state index contributed by atoms with van der Waals surface area (Å²) in [5.74, 6) is 0. The summed E-state index contributed by atoms with van der Waals surface area (Å²) < 4.78 is 0. The Labute approximate surface area is 94.2 Å². The Hall–Kier alpha value is -0.0800. The standard InChI is InChI=1S/C13H26N2/c1-2-4-8-12(7-3-1)15-13-9-5-6-10-14-11-13/h12-15H,1-11H2. The van der Waals surface area contributed by atoms with Gasteiger partial charge in [0, 0.05) is 18.6 Å². The van der Waals surface area contributed by atoms with Crippen molar-refractivity contribution >= 4 is 0 Å². The second kappa shape index (κ2) is 6.49. The van der Waals surface area contributed by atoms with Crippen LogP contribution in [0.5, 0.6) is 0 Å². The summed E-state index contributed by atoms with van der Waals surface area (Å²) in [6.07, 6.45) is 12.8. The van der Waals surface area contributed by atoms with Gasteiger partial charge in [-0.2, -0.15) is 0 Å². The zero-order valence-electron chi connectivity index (χ0n) is 9.93. The Morgan fingerprint density at radius 3 is 2.20 bits per heavy atom. The molecule has 2 nitrogen and oxygen atoms in total. The van der Waals surface area contributed by atoms with Crippen LogP contribution in [0.2, 0.25) is 0 Å². The summed E-state index contributed by atoms with van der Waals surface area (Å²) >= 11 is 0. The van der Waals surface area contributed by atoms with Gasteiger partial charge in [0.05, 0.1) is 0 Å². The lowest BCUT2D eigenvalue weighted by atomic mass is 10.1. The van der Waals surface area contributed by atoms with Crippen LogP contribution in [0, 0.1) is 0 Å². The highest BCUT2D eigenvalue weighted by Crippen LogP contribution is 2.18. The lowest BCUT2D eigenvalue weighted by molar-refractivity contribution is 0.376. The van der Waals surface area contributed by atoms with Gasteiger partial charge in [0.1, 0.15) is 0 Å². The van der Waals surface area contributed by atoms with Gasteiger partial charge in [-0.15, -0.1) is 0 Å². The van der Waals surface area contributed by atoms with Crippen molar-refractivity contribution in [2.45, 2.75) is 69.9 Å². The molecule has 0 amide bonds. The highest BCUT2D eigenvalue weighted by Gasteiger charge is 2.17. The number of nitrogens with one attached hydrogen (secondary N) is 2. The van der Waals surface area contributed by atoms with E-state index < -0.39 is 0 Å². The average molecular weight is 210 g/mol. The van der Waals surface area contributed by atoms with E-state index in [1.807, 2.05) is 0 Å². The first-order valence-corrected chi connectivity index (χ1v) is 6.92. The molecule has 1 aliphatic heterocycles. The molecular formula is C13H26N2. The molecule has 2 aliphatic rings. The summed E-state index contributed by atoms with van der Waals surface area (Å²) in [5.41, 5.74) is 0. The van der Waals surface area contributed by atoms with Crippen molar-refractivity contribution in [3.63, 3.8) is 0 Å². The maximum absolute atomic E-state index is 3.88. The van der Waals surface area contributed by atoms with E-state index >= 15 is 0 Å². The van der Waals surface area contributed by atoms with Crippen LogP contribution in [-0.4, -0.2) is 25.2 Å². The highest BCUT2D eigenvalue weighted by atomic mass is 15.0. The van der Waals surface area contributed by atoms with Crippen molar-refractivity contribution in [2.24, 2.45) is 0 Å². The zero-order valence-corrected chi connectivity index (χ0v) is 9.93. The van der Waals surface area contributed by atoms with Gasteiger partial charge in [0.25, 0.3) is 0 Å². The van der Waals surface area contributed by atoms with Gasteiger partial charge in [-0.1, -0.05) is 32.1 Å². The van der Waals surface area contributed by atoms with E-state index in [1.165, 1.54) is 70.9 Å². The van der Waals surface area contributed by atoms with Gasteiger partial charge in [-0.25, -0.2) is 0 Å². The van der Waals surface area contributed by atoms with Gasteiger partial charge >= 0.3 is 0 Å². The predicted octanol–water partition coefficient (Wildman–Crippen LogP) is 2.44. The molecule has 0 radical (unpaired) electrons. The molecule has 15 heavy (non-hydrogen) atoms. The number of hydrogen-bond acceptors (Lipinski definition) is 2. The molecule has 1 unspecified atom stereocenters. The first kappa shape index (κ1) is 11.4. The SMILES string of the molecule is C1CCCC(NC2CCCCNC2)CC1. The van der Waals surface area contributed by atoms with E-state index in [2.05, 4.69) is 10.6 Å². The summed E-state index contributed by atoms with van der Waals surface area (Å²) in [6, 6.07) is 1.56. The molecule has 88 valence electrons. The van der Waals surface area contributed by atoms with Gasteiger partial charge in [0.15, 0.2) is 0 Å². The molecule has 2 N–H and O–H groups in total. The molecule has 0 bridgehead atoms. The summed E-state index contributed by atoms with van der Waals surface area (Å²) in [4.78, 5) is 0. The smallest absolute Gasteiger partial charge is 0.0195 e. The van der Waals surface area contributed by atoms with Crippen LogP contribution < -0.4 is 10.6 Å². The number of hydrogen-bond donors (Lipinski definition) is 2. The van der Waals surface area contributed by atoms with E-state index in [4.69, 9.17) is 0 Å². The van der Waals surface area contributed by atoms with E-state index in [1.54, 1.807) is 0 Å². The first-order chi connectivity index (χ1) is 7.45. The van der Waals surface area contributed by atoms with Crippen LogP contribution in [0.25, 0.3) is 0 Å². The third kappa shape index (κ3) is 4.12. The molecule has 1 atom stereocenters. The van der Waals surface area contributed by atoms with E-state index in [0.717, 1.165) is 12.1 Å². The fourth-order valence-electron chi connectivity index (χ4n) is 2.94. The van der Waals surface area contributed by atoms with Crippen LogP contribution >= 0.6 is 0 Å². The molecule has 2 heteroatoms. The molecule has 1 heterocycles. The lowest BCUT2D eigenvalue weighted by Gasteiger charge is -2.23. The molecule has 1 saturated heterocycles. The molecule has 1 aliphatic carbocycles. The first-order valence-electron chi connectivity index (χ1n) is 6.92. The van der Waals surface area contributed by atoms with Crippen molar-refractivity contribution in [3.8, 4) is 0 Å². The molecule has 1 saturated carbocycles. The van der Waals surface area contributed by atoms with Crippen LogP contribution in [0.1, 0.15) is 57.8 Å².